The predicted octanol–water partition coefficient (Wildman–Crippen LogP) is 5.18. The summed E-state index contributed by atoms with van der Waals surface area (Å²) in [4.78, 5) is 12.8. The molecular weight excluding hydrogens is 268 g/mol. The van der Waals surface area contributed by atoms with E-state index < -0.39 is 0 Å². The first-order valence-corrected chi connectivity index (χ1v) is 7.09. The fourth-order valence-corrected chi connectivity index (χ4v) is 2.49. The summed E-state index contributed by atoms with van der Waals surface area (Å²) >= 11 is 6.15. The summed E-state index contributed by atoms with van der Waals surface area (Å²) < 4.78 is 0. The van der Waals surface area contributed by atoms with Gasteiger partial charge in [0.1, 0.15) is 0 Å². The lowest BCUT2D eigenvalue weighted by atomic mass is 9.81. The molecule has 0 spiro atoms. The van der Waals surface area contributed by atoms with E-state index in [4.69, 9.17) is 11.6 Å². The SMILES string of the molecule is Cc1ccc(C(=O)c2ccccc2Cl)c(C(C)(C)C)c1. The summed E-state index contributed by atoms with van der Waals surface area (Å²) in [6.45, 7) is 8.39. The molecule has 0 N–H and O–H groups in total. The highest BCUT2D eigenvalue weighted by atomic mass is 35.5. The quantitative estimate of drug-likeness (QED) is 0.696. The first kappa shape index (κ1) is 14.8. The lowest BCUT2D eigenvalue weighted by molar-refractivity contribution is 0.103. The Kier molecular flexibility index (Phi) is 4.01. The predicted molar refractivity (Wildman–Crippen MR) is 84.8 cm³/mol. The Labute approximate surface area is 125 Å². The number of halogens is 1. The molecular formula is C18H19ClO. The van der Waals surface area contributed by atoms with Crippen molar-refractivity contribution in [3.05, 3.63) is 69.7 Å². The van der Waals surface area contributed by atoms with Crippen molar-refractivity contribution in [2.45, 2.75) is 33.1 Å². The number of ketones is 1. The zero-order valence-electron chi connectivity index (χ0n) is 12.3. The van der Waals surface area contributed by atoms with E-state index in [0.717, 1.165) is 16.7 Å². The minimum absolute atomic E-state index is 0.0134. The van der Waals surface area contributed by atoms with Crippen molar-refractivity contribution in [1.29, 1.82) is 0 Å². The lowest BCUT2D eigenvalue weighted by Gasteiger charge is -2.23. The largest absolute Gasteiger partial charge is 0.289 e. The molecule has 2 heteroatoms. The first-order valence-electron chi connectivity index (χ1n) is 6.71. The second-order valence-corrected chi connectivity index (χ2v) is 6.52. The van der Waals surface area contributed by atoms with E-state index >= 15 is 0 Å². The van der Waals surface area contributed by atoms with Crippen molar-refractivity contribution in [2.75, 3.05) is 0 Å². The molecule has 0 bridgehead atoms. The lowest BCUT2D eigenvalue weighted by Crippen LogP contribution is -2.18. The van der Waals surface area contributed by atoms with Gasteiger partial charge in [-0.1, -0.05) is 68.3 Å². The normalized spacial score (nSPS) is 11.4. The molecule has 0 saturated carbocycles. The van der Waals surface area contributed by atoms with Crippen LogP contribution in [-0.2, 0) is 5.41 Å². The van der Waals surface area contributed by atoms with Crippen LogP contribution in [0, 0.1) is 6.92 Å². The molecule has 1 nitrogen and oxygen atoms in total. The molecule has 0 atom stereocenters. The fourth-order valence-electron chi connectivity index (χ4n) is 2.27. The maximum Gasteiger partial charge on any atom is 0.194 e. The first-order chi connectivity index (χ1) is 9.30. The number of rotatable bonds is 2. The second kappa shape index (κ2) is 5.41. The average molecular weight is 287 g/mol. The van der Waals surface area contributed by atoms with Crippen LogP contribution in [0.2, 0.25) is 5.02 Å². The molecule has 0 amide bonds. The highest BCUT2D eigenvalue weighted by Crippen LogP contribution is 2.29. The Hall–Kier alpha value is -1.60. The van der Waals surface area contributed by atoms with Crippen LogP contribution in [0.3, 0.4) is 0 Å². The van der Waals surface area contributed by atoms with Crippen molar-refractivity contribution < 1.29 is 4.79 Å². The fraction of sp³-hybridized carbons (Fsp3) is 0.278. The molecule has 2 aromatic rings. The van der Waals surface area contributed by atoms with Crippen LogP contribution in [0.4, 0.5) is 0 Å². The number of hydrogen-bond donors (Lipinski definition) is 0. The molecule has 2 aromatic carbocycles. The number of aryl methyl sites for hydroxylation is 1. The summed E-state index contributed by atoms with van der Waals surface area (Å²) in [6.07, 6.45) is 0. The van der Waals surface area contributed by atoms with Gasteiger partial charge in [0, 0.05) is 11.1 Å². The van der Waals surface area contributed by atoms with Gasteiger partial charge in [0.2, 0.25) is 0 Å². The Morgan fingerprint density at radius 3 is 2.25 bits per heavy atom. The van der Waals surface area contributed by atoms with Gasteiger partial charge in [-0.15, -0.1) is 0 Å². The monoisotopic (exact) mass is 286 g/mol. The van der Waals surface area contributed by atoms with Gasteiger partial charge in [0.05, 0.1) is 5.02 Å². The number of benzene rings is 2. The number of carbonyl (C=O) groups is 1. The Morgan fingerprint density at radius 1 is 1.00 bits per heavy atom. The molecule has 0 heterocycles. The minimum atomic E-state index is -0.0850. The summed E-state index contributed by atoms with van der Waals surface area (Å²) in [7, 11) is 0. The van der Waals surface area contributed by atoms with Crippen LogP contribution in [0.1, 0.15) is 47.8 Å². The molecule has 2 rings (SSSR count). The van der Waals surface area contributed by atoms with Gasteiger partial charge in [-0.25, -0.2) is 0 Å². The maximum atomic E-state index is 12.8. The van der Waals surface area contributed by atoms with Gasteiger partial charge in [-0.05, 0) is 30.0 Å². The van der Waals surface area contributed by atoms with E-state index in [1.54, 1.807) is 12.1 Å². The molecule has 0 unspecified atom stereocenters. The zero-order chi connectivity index (χ0) is 14.9. The van der Waals surface area contributed by atoms with Crippen molar-refractivity contribution >= 4 is 17.4 Å². The van der Waals surface area contributed by atoms with Crippen molar-refractivity contribution in [2.24, 2.45) is 0 Å². The smallest absolute Gasteiger partial charge is 0.194 e. The van der Waals surface area contributed by atoms with Gasteiger partial charge in [-0.2, -0.15) is 0 Å². The van der Waals surface area contributed by atoms with E-state index in [1.165, 1.54) is 0 Å². The Balaban J connectivity index is 2.59. The third-order valence-electron chi connectivity index (χ3n) is 3.35. The van der Waals surface area contributed by atoms with E-state index in [9.17, 15) is 4.79 Å². The van der Waals surface area contributed by atoms with Gasteiger partial charge in [-0.3, -0.25) is 4.79 Å². The standard InChI is InChI=1S/C18H19ClO/c1-12-9-10-13(15(11-12)18(2,3)4)17(20)14-7-5-6-8-16(14)19/h5-11H,1-4H3. The molecule has 0 saturated heterocycles. The van der Waals surface area contributed by atoms with E-state index in [0.29, 0.717) is 10.6 Å². The third kappa shape index (κ3) is 2.94. The molecule has 0 aliphatic rings. The Morgan fingerprint density at radius 2 is 1.65 bits per heavy atom. The number of carbonyl (C=O) groups excluding carboxylic acids is 1. The average Bonchev–Trinajstić information content (AvgIpc) is 2.37. The van der Waals surface area contributed by atoms with Gasteiger partial charge >= 0.3 is 0 Å². The highest BCUT2D eigenvalue weighted by Gasteiger charge is 2.23. The summed E-state index contributed by atoms with van der Waals surface area (Å²) in [5, 5.41) is 0.498. The van der Waals surface area contributed by atoms with Gasteiger partial charge < -0.3 is 0 Å². The Bertz CT molecular complexity index is 651. The molecule has 0 radical (unpaired) electrons. The highest BCUT2D eigenvalue weighted by molar-refractivity contribution is 6.35. The van der Waals surface area contributed by atoms with Crippen molar-refractivity contribution in [3.63, 3.8) is 0 Å². The van der Waals surface area contributed by atoms with Crippen LogP contribution < -0.4 is 0 Å². The zero-order valence-corrected chi connectivity index (χ0v) is 13.1. The second-order valence-electron chi connectivity index (χ2n) is 6.11. The minimum Gasteiger partial charge on any atom is -0.289 e. The van der Waals surface area contributed by atoms with Gasteiger partial charge in [0.25, 0.3) is 0 Å². The number of hydrogen-bond acceptors (Lipinski definition) is 1. The summed E-state index contributed by atoms with van der Waals surface area (Å²) in [5.74, 6) is -0.0134. The summed E-state index contributed by atoms with van der Waals surface area (Å²) in [5.41, 5.74) is 3.42. The molecule has 0 aromatic heterocycles. The van der Waals surface area contributed by atoms with Gasteiger partial charge in [0.15, 0.2) is 5.78 Å². The maximum absolute atomic E-state index is 12.8. The van der Waals surface area contributed by atoms with E-state index in [2.05, 4.69) is 26.8 Å². The summed E-state index contributed by atoms with van der Waals surface area (Å²) in [6, 6.07) is 13.2. The third-order valence-corrected chi connectivity index (χ3v) is 3.68. The van der Waals surface area contributed by atoms with Crippen LogP contribution in [0.25, 0.3) is 0 Å². The van der Waals surface area contributed by atoms with Crippen molar-refractivity contribution in [1.82, 2.24) is 0 Å². The molecule has 104 valence electrons. The molecule has 0 fully saturated rings. The molecule has 20 heavy (non-hydrogen) atoms. The van der Waals surface area contributed by atoms with E-state index in [-0.39, 0.29) is 11.2 Å². The molecule has 0 aliphatic carbocycles. The van der Waals surface area contributed by atoms with Crippen LogP contribution in [0.15, 0.2) is 42.5 Å². The van der Waals surface area contributed by atoms with Crippen molar-refractivity contribution in [3.8, 4) is 0 Å². The van der Waals surface area contributed by atoms with Crippen LogP contribution in [0.5, 0.6) is 0 Å². The van der Waals surface area contributed by atoms with Crippen LogP contribution >= 0.6 is 11.6 Å². The molecule has 0 aliphatic heterocycles. The van der Waals surface area contributed by atoms with Crippen LogP contribution in [-0.4, -0.2) is 5.78 Å². The topological polar surface area (TPSA) is 17.1 Å². The van der Waals surface area contributed by atoms with E-state index in [1.807, 2.05) is 31.2 Å².